The zero-order valence-electron chi connectivity index (χ0n) is 13.4. The minimum atomic E-state index is -0.281. The molecule has 0 fully saturated rings. The summed E-state index contributed by atoms with van der Waals surface area (Å²) in [6.45, 7) is 15.1. The van der Waals surface area contributed by atoms with Crippen LogP contribution in [0.15, 0.2) is 24.3 Å². The van der Waals surface area contributed by atoms with Crippen molar-refractivity contribution in [2.75, 3.05) is 0 Å². The molecule has 0 unspecified atom stereocenters. The normalized spacial score (nSPS) is 12.5. The molecule has 0 bridgehead atoms. The predicted octanol–water partition coefficient (Wildman–Crippen LogP) is 5.19. The van der Waals surface area contributed by atoms with Crippen LogP contribution in [0.2, 0.25) is 0 Å². The Kier molecular flexibility index (Phi) is 5.42. The summed E-state index contributed by atoms with van der Waals surface area (Å²) < 4.78 is 0. The highest BCUT2D eigenvalue weighted by Gasteiger charge is 2.35. The van der Waals surface area contributed by atoms with Gasteiger partial charge in [-0.15, -0.1) is 0 Å². The summed E-state index contributed by atoms with van der Waals surface area (Å²) in [5.74, 6) is 2.08. The molecule has 0 aliphatic heterocycles. The standard InChI is InChI=1S/C17H28O2/c1-12(2)15-8-10-16(11-9-15)18-19-17(7,13(3)4)14(5)6/h8-14H,1-7H3. The largest absolute Gasteiger partial charge is 0.337 e. The fourth-order valence-corrected chi connectivity index (χ4v) is 1.91. The maximum Gasteiger partial charge on any atom is 0.165 e. The molecule has 2 nitrogen and oxygen atoms in total. The van der Waals surface area contributed by atoms with Crippen molar-refractivity contribution in [2.45, 2.75) is 60.0 Å². The Labute approximate surface area is 118 Å². The molecule has 1 aromatic carbocycles. The summed E-state index contributed by atoms with van der Waals surface area (Å²) in [6, 6.07) is 8.11. The van der Waals surface area contributed by atoms with Crippen LogP contribution in [0.4, 0.5) is 0 Å². The van der Waals surface area contributed by atoms with Gasteiger partial charge in [0.2, 0.25) is 0 Å². The third kappa shape index (κ3) is 3.97. The Morgan fingerprint density at radius 3 is 1.68 bits per heavy atom. The lowest BCUT2D eigenvalue weighted by Gasteiger charge is -2.35. The van der Waals surface area contributed by atoms with Crippen molar-refractivity contribution in [3.63, 3.8) is 0 Å². The van der Waals surface area contributed by atoms with Crippen LogP contribution in [0.1, 0.15) is 59.9 Å². The van der Waals surface area contributed by atoms with Crippen LogP contribution in [0, 0.1) is 11.8 Å². The first kappa shape index (κ1) is 16.0. The van der Waals surface area contributed by atoms with Gasteiger partial charge in [0.05, 0.1) is 0 Å². The summed E-state index contributed by atoms with van der Waals surface area (Å²) in [6.07, 6.45) is 0. The van der Waals surface area contributed by atoms with E-state index in [1.807, 2.05) is 12.1 Å². The SMILES string of the molecule is CC(C)c1ccc(OOC(C)(C(C)C)C(C)C)cc1. The van der Waals surface area contributed by atoms with Crippen LogP contribution in [0.25, 0.3) is 0 Å². The Bertz CT molecular complexity index is 369. The van der Waals surface area contributed by atoms with Crippen molar-refractivity contribution in [3.05, 3.63) is 29.8 Å². The summed E-state index contributed by atoms with van der Waals surface area (Å²) >= 11 is 0. The molecule has 0 amide bonds. The second-order valence-corrected chi connectivity index (χ2v) is 6.38. The van der Waals surface area contributed by atoms with Gasteiger partial charge in [0.25, 0.3) is 0 Å². The third-order valence-electron chi connectivity index (χ3n) is 4.16. The fourth-order valence-electron chi connectivity index (χ4n) is 1.91. The van der Waals surface area contributed by atoms with Crippen molar-refractivity contribution in [3.8, 4) is 5.75 Å². The molecular formula is C17H28O2. The van der Waals surface area contributed by atoms with Gasteiger partial charge >= 0.3 is 0 Å². The second-order valence-electron chi connectivity index (χ2n) is 6.38. The van der Waals surface area contributed by atoms with Crippen molar-refractivity contribution in [1.29, 1.82) is 0 Å². The van der Waals surface area contributed by atoms with Crippen molar-refractivity contribution < 1.29 is 9.78 Å². The number of hydrogen-bond acceptors (Lipinski definition) is 2. The minimum absolute atomic E-state index is 0.281. The molecular weight excluding hydrogens is 236 g/mol. The van der Waals surface area contributed by atoms with Crippen molar-refractivity contribution >= 4 is 0 Å². The van der Waals surface area contributed by atoms with Gasteiger partial charge in [-0.1, -0.05) is 53.7 Å². The van der Waals surface area contributed by atoms with E-state index in [0.717, 1.165) is 5.75 Å². The van der Waals surface area contributed by atoms with Gasteiger partial charge in [0.1, 0.15) is 5.60 Å². The van der Waals surface area contributed by atoms with E-state index in [9.17, 15) is 0 Å². The Balaban J connectivity index is 2.70. The first-order valence-corrected chi connectivity index (χ1v) is 7.23. The first-order chi connectivity index (χ1) is 8.77. The van der Waals surface area contributed by atoms with E-state index in [0.29, 0.717) is 17.8 Å². The van der Waals surface area contributed by atoms with Gasteiger partial charge < -0.3 is 4.89 Å². The van der Waals surface area contributed by atoms with Gasteiger partial charge in [0.15, 0.2) is 5.75 Å². The van der Waals surface area contributed by atoms with Gasteiger partial charge in [0, 0.05) is 0 Å². The number of benzene rings is 1. The smallest absolute Gasteiger partial charge is 0.165 e. The van der Waals surface area contributed by atoms with Crippen LogP contribution < -0.4 is 4.89 Å². The van der Waals surface area contributed by atoms with Crippen LogP contribution in [0.3, 0.4) is 0 Å². The van der Waals surface area contributed by atoms with Crippen LogP contribution in [-0.4, -0.2) is 5.60 Å². The highest BCUT2D eigenvalue weighted by Crippen LogP contribution is 2.31. The molecule has 0 saturated carbocycles. The van der Waals surface area contributed by atoms with E-state index >= 15 is 0 Å². The van der Waals surface area contributed by atoms with E-state index in [1.165, 1.54) is 5.56 Å². The van der Waals surface area contributed by atoms with Gasteiger partial charge in [-0.05, 0) is 42.4 Å². The van der Waals surface area contributed by atoms with Gasteiger partial charge in [-0.3, -0.25) is 0 Å². The molecule has 0 radical (unpaired) electrons. The maximum absolute atomic E-state index is 5.74. The van der Waals surface area contributed by atoms with E-state index in [2.05, 4.69) is 60.6 Å². The van der Waals surface area contributed by atoms with Crippen molar-refractivity contribution in [2.24, 2.45) is 11.8 Å². The molecule has 108 valence electrons. The molecule has 0 aromatic heterocycles. The zero-order valence-corrected chi connectivity index (χ0v) is 13.4. The van der Waals surface area contributed by atoms with Crippen LogP contribution in [-0.2, 0) is 4.89 Å². The molecule has 0 heterocycles. The maximum atomic E-state index is 5.74. The Morgan fingerprint density at radius 1 is 0.842 bits per heavy atom. The molecule has 0 saturated heterocycles. The monoisotopic (exact) mass is 264 g/mol. The number of hydrogen-bond donors (Lipinski definition) is 0. The lowest BCUT2D eigenvalue weighted by molar-refractivity contribution is -0.312. The molecule has 19 heavy (non-hydrogen) atoms. The lowest BCUT2D eigenvalue weighted by Crippen LogP contribution is -2.41. The highest BCUT2D eigenvalue weighted by atomic mass is 17.2. The van der Waals surface area contributed by atoms with E-state index in [1.54, 1.807) is 0 Å². The minimum Gasteiger partial charge on any atom is -0.337 e. The molecule has 0 N–H and O–H groups in total. The van der Waals surface area contributed by atoms with Crippen LogP contribution in [0.5, 0.6) is 5.75 Å². The zero-order chi connectivity index (χ0) is 14.6. The number of rotatable bonds is 6. The van der Waals surface area contributed by atoms with E-state index in [-0.39, 0.29) is 5.60 Å². The predicted molar refractivity (Wildman–Crippen MR) is 80.3 cm³/mol. The fraction of sp³-hybridized carbons (Fsp3) is 0.647. The molecule has 0 aliphatic rings. The molecule has 0 atom stereocenters. The quantitative estimate of drug-likeness (QED) is 0.520. The third-order valence-corrected chi connectivity index (χ3v) is 4.16. The van der Waals surface area contributed by atoms with Gasteiger partial charge in [-0.25, -0.2) is 0 Å². The summed E-state index contributed by atoms with van der Waals surface area (Å²) in [7, 11) is 0. The summed E-state index contributed by atoms with van der Waals surface area (Å²) in [5, 5.41) is 0. The topological polar surface area (TPSA) is 18.5 Å². The van der Waals surface area contributed by atoms with Crippen LogP contribution >= 0.6 is 0 Å². The lowest BCUT2D eigenvalue weighted by atomic mass is 9.82. The molecule has 2 heteroatoms. The van der Waals surface area contributed by atoms with Crippen molar-refractivity contribution in [1.82, 2.24) is 0 Å². The van der Waals surface area contributed by atoms with E-state index in [4.69, 9.17) is 9.78 Å². The summed E-state index contributed by atoms with van der Waals surface area (Å²) in [4.78, 5) is 11.3. The molecule has 1 aromatic rings. The average Bonchev–Trinajstić information content (AvgIpc) is 2.35. The average molecular weight is 264 g/mol. The Hall–Kier alpha value is -1.02. The van der Waals surface area contributed by atoms with Gasteiger partial charge in [-0.2, -0.15) is 4.89 Å². The summed E-state index contributed by atoms with van der Waals surface area (Å²) in [5.41, 5.74) is 1.03. The second kappa shape index (κ2) is 6.42. The first-order valence-electron chi connectivity index (χ1n) is 7.23. The molecule has 0 aliphatic carbocycles. The van der Waals surface area contributed by atoms with E-state index < -0.39 is 0 Å². The Morgan fingerprint density at radius 2 is 1.32 bits per heavy atom. The highest BCUT2D eigenvalue weighted by molar-refractivity contribution is 5.28. The molecule has 1 rings (SSSR count). The molecule has 0 spiro atoms.